The van der Waals surface area contributed by atoms with Crippen LogP contribution < -0.4 is 5.32 Å². The summed E-state index contributed by atoms with van der Waals surface area (Å²) in [7, 11) is 0. The first kappa shape index (κ1) is 16.8. The fourth-order valence-electron chi connectivity index (χ4n) is 2.86. The molecule has 0 bridgehead atoms. The highest BCUT2D eigenvalue weighted by Gasteiger charge is 2.46. The van der Waals surface area contributed by atoms with Gasteiger partial charge in [-0.25, -0.2) is 8.78 Å². The van der Waals surface area contributed by atoms with E-state index in [9.17, 15) is 14.3 Å². The molecule has 24 heavy (non-hydrogen) atoms. The minimum Gasteiger partial charge on any atom is -0.387 e. The van der Waals surface area contributed by atoms with Crippen LogP contribution in [0.4, 0.5) is 8.78 Å². The molecule has 7 heteroatoms. The first-order valence-corrected chi connectivity index (χ1v) is 7.85. The van der Waals surface area contributed by atoms with Gasteiger partial charge in [0.15, 0.2) is 0 Å². The molecule has 0 spiro atoms. The van der Waals surface area contributed by atoms with Crippen LogP contribution in [-0.2, 0) is 17.0 Å². The number of aliphatic hydroxyl groups is 1. The van der Waals surface area contributed by atoms with Crippen molar-refractivity contribution < 1.29 is 18.7 Å². The number of amides is 1. The Balaban J connectivity index is 1.82. The molecule has 0 saturated carbocycles. The Labute approximate surface area is 142 Å². The molecular weight excluding hydrogens is 338 g/mol. The largest absolute Gasteiger partial charge is 0.387 e. The van der Waals surface area contributed by atoms with Crippen LogP contribution in [0.25, 0.3) is 0 Å². The molecule has 1 aromatic carbocycles. The van der Waals surface area contributed by atoms with Gasteiger partial charge in [0.2, 0.25) is 5.67 Å². The molecule has 1 aromatic heterocycles. The minimum atomic E-state index is -2.31. The number of carbonyl (C=O) groups excluding carboxylic acids is 1. The van der Waals surface area contributed by atoms with Crippen molar-refractivity contribution in [2.24, 2.45) is 0 Å². The number of halogens is 3. The normalized spacial score (nSPS) is 22.8. The summed E-state index contributed by atoms with van der Waals surface area (Å²) in [6.45, 7) is -0.185. The van der Waals surface area contributed by atoms with E-state index in [2.05, 4.69) is 10.3 Å². The van der Waals surface area contributed by atoms with Crippen LogP contribution in [0.5, 0.6) is 0 Å². The lowest BCUT2D eigenvalue weighted by Gasteiger charge is -2.32. The van der Waals surface area contributed by atoms with Gasteiger partial charge >= 0.3 is 0 Å². The summed E-state index contributed by atoms with van der Waals surface area (Å²) in [5.41, 5.74) is -1.93. The fourth-order valence-corrected chi connectivity index (χ4v) is 3.06. The van der Waals surface area contributed by atoms with Crippen LogP contribution in [0, 0.1) is 5.82 Å². The third kappa shape index (κ3) is 2.87. The number of alkyl halides is 1. The van der Waals surface area contributed by atoms with Gasteiger partial charge in [-0.05, 0) is 25.0 Å². The van der Waals surface area contributed by atoms with E-state index in [1.165, 1.54) is 30.5 Å². The number of fused-ring (bicyclic) bond motifs is 1. The van der Waals surface area contributed by atoms with E-state index in [-0.39, 0.29) is 41.2 Å². The zero-order chi connectivity index (χ0) is 17.3. The maximum atomic E-state index is 15.3. The lowest BCUT2D eigenvalue weighted by molar-refractivity contribution is -0.135. The molecule has 2 N–H and O–H groups in total. The van der Waals surface area contributed by atoms with E-state index in [0.29, 0.717) is 0 Å². The molecule has 0 fully saturated rings. The molecule has 0 saturated heterocycles. The van der Waals surface area contributed by atoms with E-state index in [4.69, 9.17) is 11.6 Å². The number of aliphatic hydroxyl groups excluding tert-OH is 1. The third-order valence-corrected chi connectivity index (χ3v) is 4.47. The highest BCUT2D eigenvalue weighted by atomic mass is 35.5. The van der Waals surface area contributed by atoms with Crippen LogP contribution in [-0.4, -0.2) is 16.0 Å². The van der Waals surface area contributed by atoms with Crippen LogP contribution in [0.15, 0.2) is 36.5 Å². The van der Waals surface area contributed by atoms with Gasteiger partial charge in [-0.15, -0.1) is 0 Å². The molecule has 1 heterocycles. The Morgan fingerprint density at radius 3 is 3.00 bits per heavy atom. The number of nitrogens with zero attached hydrogens (tertiary/aromatic N) is 1. The Morgan fingerprint density at radius 2 is 2.21 bits per heavy atom. The van der Waals surface area contributed by atoms with E-state index in [1.807, 2.05) is 0 Å². The number of rotatable bonds is 3. The minimum absolute atomic E-state index is 0.0489. The Hall–Kier alpha value is -2.05. The molecule has 1 aliphatic rings. The highest BCUT2D eigenvalue weighted by Crippen LogP contribution is 2.42. The van der Waals surface area contributed by atoms with Crippen LogP contribution in [0.3, 0.4) is 0 Å². The van der Waals surface area contributed by atoms with E-state index >= 15 is 4.39 Å². The highest BCUT2D eigenvalue weighted by molar-refractivity contribution is 6.30. The molecule has 1 aliphatic carbocycles. The monoisotopic (exact) mass is 352 g/mol. The van der Waals surface area contributed by atoms with Gasteiger partial charge in [0.25, 0.3) is 5.91 Å². The third-order valence-electron chi connectivity index (χ3n) is 4.17. The van der Waals surface area contributed by atoms with Crippen molar-refractivity contribution >= 4 is 17.5 Å². The van der Waals surface area contributed by atoms with Crippen molar-refractivity contribution in [1.29, 1.82) is 0 Å². The van der Waals surface area contributed by atoms with Gasteiger partial charge in [0, 0.05) is 23.9 Å². The molecule has 126 valence electrons. The summed E-state index contributed by atoms with van der Waals surface area (Å²) in [5, 5.41) is 12.3. The lowest BCUT2D eigenvalue weighted by atomic mass is 9.81. The van der Waals surface area contributed by atoms with Crippen LogP contribution >= 0.6 is 11.6 Å². The Bertz CT molecular complexity index is 787. The van der Waals surface area contributed by atoms with Crippen LogP contribution in [0.2, 0.25) is 5.02 Å². The zero-order valence-electron chi connectivity index (χ0n) is 12.6. The first-order valence-electron chi connectivity index (χ1n) is 7.47. The predicted octanol–water partition coefficient (Wildman–Crippen LogP) is 3.18. The van der Waals surface area contributed by atoms with Crippen molar-refractivity contribution in [2.75, 3.05) is 0 Å². The molecule has 0 radical (unpaired) electrons. The Kier molecular flexibility index (Phi) is 4.51. The molecule has 0 aliphatic heterocycles. The Morgan fingerprint density at radius 1 is 1.42 bits per heavy atom. The summed E-state index contributed by atoms with van der Waals surface area (Å²) in [5.74, 6) is -1.53. The van der Waals surface area contributed by atoms with Crippen molar-refractivity contribution in [3.63, 3.8) is 0 Å². The standard InChI is InChI=1S/C17H15ClF2N2O2/c18-12-5-1-3-10(14(12)19)9-22-16(24)17(20)7-6-13(23)15-11(17)4-2-8-21-15/h1-5,8,13,23H,6-7,9H2,(H,22,24)/t13-,17-/m0/s1. The zero-order valence-corrected chi connectivity index (χ0v) is 13.4. The maximum Gasteiger partial charge on any atom is 0.262 e. The van der Waals surface area contributed by atoms with Gasteiger partial charge in [-0.3, -0.25) is 9.78 Å². The molecule has 2 aromatic rings. The molecule has 4 nitrogen and oxygen atoms in total. The van der Waals surface area contributed by atoms with E-state index < -0.39 is 23.5 Å². The van der Waals surface area contributed by atoms with Crippen LogP contribution in [0.1, 0.15) is 35.8 Å². The second-order valence-electron chi connectivity index (χ2n) is 5.69. The van der Waals surface area contributed by atoms with Crippen molar-refractivity contribution in [2.45, 2.75) is 31.2 Å². The molecule has 3 rings (SSSR count). The topological polar surface area (TPSA) is 62.2 Å². The van der Waals surface area contributed by atoms with Gasteiger partial charge in [-0.2, -0.15) is 0 Å². The molecule has 2 atom stereocenters. The smallest absolute Gasteiger partial charge is 0.262 e. The number of benzene rings is 1. The summed E-state index contributed by atoms with van der Waals surface area (Å²) >= 11 is 5.69. The average molecular weight is 353 g/mol. The van der Waals surface area contributed by atoms with E-state index in [1.54, 1.807) is 6.07 Å². The summed E-state index contributed by atoms with van der Waals surface area (Å²) in [6.07, 6.45) is 0.451. The maximum absolute atomic E-state index is 15.3. The predicted molar refractivity (Wildman–Crippen MR) is 84.5 cm³/mol. The number of aromatic nitrogens is 1. The van der Waals surface area contributed by atoms with E-state index in [0.717, 1.165) is 0 Å². The number of hydrogen-bond donors (Lipinski definition) is 2. The van der Waals surface area contributed by atoms with Crippen molar-refractivity contribution in [3.8, 4) is 0 Å². The SMILES string of the molecule is O=C(NCc1cccc(Cl)c1F)[C@]1(F)CC[C@H](O)c2ncccc21. The second kappa shape index (κ2) is 6.45. The van der Waals surface area contributed by atoms with Crippen molar-refractivity contribution in [3.05, 3.63) is 64.2 Å². The molecule has 0 unspecified atom stereocenters. The van der Waals surface area contributed by atoms with Gasteiger partial charge in [-0.1, -0.05) is 29.8 Å². The quantitative estimate of drug-likeness (QED) is 0.891. The number of carbonyl (C=O) groups is 1. The van der Waals surface area contributed by atoms with Gasteiger partial charge < -0.3 is 10.4 Å². The van der Waals surface area contributed by atoms with Gasteiger partial charge in [0.1, 0.15) is 5.82 Å². The summed E-state index contributed by atoms with van der Waals surface area (Å²) in [6, 6.07) is 7.35. The lowest BCUT2D eigenvalue weighted by Crippen LogP contribution is -2.44. The second-order valence-corrected chi connectivity index (χ2v) is 6.09. The number of nitrogens with one attached hydrogen (secondary N) is 1. The first-order chi connectivity index (χ1) is 11.4. The van der Waals surface area contributed by atoms with Crippen molar-refractivity contribution in [1.82, 2.24) is 10.3 Å². The average Bonchev–Trinajstić information content (AvgIpc) is 2.59. The number of hydrogen-bond acceptors (Lipinski definition) is 3. The molecule has 1 amide bonds. The summed E-state index contributed by atoms with van der Waals surface area (Å²) < 4.78 is 29.2. The summed E-state index contributed by atoms with van der Waals surface area (Å²) in [4.78, 5) is 16.4. The van der Waals surface area contributed by atoms with Gasteiger partial charge in [0.05, 0.1) is 16.8 Å². The fraction of sp³-hybridized carbons (Fsp3) is 0.294. The number of pyridine rings is 1. The molecular formula is C17H15ClF2N2O2.